The highest BCUT2D eigenvalue weighted by Crippen LogP contribution is 2.38. The number of hydrogen-bond donors (Lipinski definition) is 2. The van der Waals surface area contributed by atoms with Gasteiger partial charge in [0.15, 0.2) is 11.6 Å². The first-order valence-corrected chi connectivity index (χ1v) is 11.4. The second-order valence-corrected chi connectivity index (χ2v) is 8.31. The number of nitrogens with one attached hydrogen (secondary N) is 1. The maximum absolute atomic E-state index is 15.0. The van der Waals surface area contributed by atoms with Gasteiger partial charge in [-0.15, -0.1) is 0 Å². The zero-order valence-corrected chi connectivity index (χ0v) is 19.8. The van der Waals surface area contributed by atoms with E-state index in [-0.39, 0.29) is 28.8 Å². The number of alkyl halides is 3. The van der Waals surface area contributed by atoms with Gasteiger partial charge in [-0.1, -0.05) is 24.3 Å². The topological polar surface area (TPSA) is 110 Å². The summed E-state index contributed by atoms with van der Waals surface area (Å²) in [5, 5.41) is 16.6. The van der Waals surface area contributed by atoms with Gasteiger partial charge in [0.25, 0.3) is 5.91 Å². The molecule has 2 aromatic heterocycles. The third kappa shape index (κ3) is 4.97. The first kappa shape index (κ1) is 25.7. The molecule has 0 saturated carbocycles. The highest BCUT2D eigenvalue weighted by Gasteiger charge is 2.36. The van der Waals surface area contributed by atoms with Crippen LogP contribution in [0.4, 0.5) is 23.4 Å². The van der Waals surface area contributed by atoms with Gasteiger partial charge in [0.1, 0.15) is 18.2 Å². The molecule has 0 aliphatic heterocycles. The Kier molecular flexibility index (Phi) is 6.62. The van der Waals surface area contributed by atoms with Crippen LogP contribution >= 0.6 is 0 Å². The van der Waals surface area contributed by atoms with E-state index < -0.39 is 47.0 Å². The van der Waals surface area contributed by atoms with E-state index in [0.717, 1.165) is 6.07 Å². The van der Waals surface area contributed by atoms with Crippen molar-refractivity contribution >= 4 is 28.4 Å². The molecule has 0 bridgehead atoms. The molecule has 0 aliphatic carbocycles. The van der Waals surface area contributed by atoms with Crippen molar-refractivity contribution in [1.82, 2.24) is 19.7 Å². The highest BCUT2D eigenvalue weighted by atomic mass is 19.4. The number of Topliss-reactive ketones (excluding diaryl/α,β-unsaturated/α-hetero) is 1. The minimum absolute atomic E-state index is 0.0843. The summed E-state index contributed by atoms with van der Waals surface area (Å²) in [6.07, 6.45) is -2.48. The Morgan fingerprint density at radius 1 is 0.949 bits per heavy atom. The number of benzene rings is 3. The van der Waals surface area contributed by atoms with E-state index in [9.17, 15) is 32.3 Å². The van der Waals surface area contributed by atoms with Crippen LogP contribution in [0.5, 0.6) is 0 Å². The molecule has 12 heteroatoms. The molecule has 0 saturated heterocycles. The minimum Gasteiger partial charge on any atom is -0.388 e. The quantitative estimate of drug-likeness (QED) is 0.232. The molecular weight excluding hydrogens is 518 g/mol. The fourth-order valence-corrected chi connectivity index (χ4v) is 4.01. The number of hydrogen-bond acceptors (Lipinski definition) is 6. The van der Waals surface area contributed by atoms with Gasteiger partial charge in [0.2, 0.25) is 0 Å². The Bertz CT molecular complexity index is 1700. The summed E-state index contributed by atoms with van der Waals surface area (Å²) in [5.74, 6) is -3.24. The van der Waals surface area contributed by atoms with E-state index >= 15 is 0 Å². The average Bonchev–Trinajstić information content (AvgIpc) is 3.30. The van der Waals surface area contributed by atoms with Crippen molar-refractivity contribution in [1.29, 1.82) is 0 Å². The van der Waals surface area contributed by atoms with Crippen LogP contribution in [0.25, 0.3) is 28.0 Å². The van der Waals surface area contributed by atoms with Crippen molar-refractivity contribution in [3.8, 4) is 17.1 Å². The van der Waals surface area contributed by atoms with Crippen LogP contribution in [-0.2, 0) is 6.18 Å². The molecule has 8 nitrogen and oxygen atoms in total. The fourth-order valence-electron chi connectivity index (χ4n) is 4.01. The first-order valence-electron chi connectivity index (χ1n) is 11.4. The number of aromatic nitrogens is 4. The number of carbonyl (C=O) groups excluding carboxylic acids is 2. The summed E-state index contributed by atoms with van der Waals surface area (Å²) < 4.78 is 57.5. The Balaban J connectivity index is 1.63. The van der Waals surface area contributed by atoms with Crippen molar-refractivity contribution in [2.75, 3.05) is 11.9 Å². The zero-order valence-electron chi connectivity index (χ0n) is 19.8. The Morgan fingerprint density at radius 2 is 1.67 bits per heavy atom. The zero-order chi connectivity index (χ0) is 27.7. The number of aliphatic hydroxyl groups is 1. The molecule has 0 spiro atoms. The Labute approximate surface area is 217 Å². The van der Waals surface area contributed by atoms with Gasteiger partial charge in [-0.05, 0) is 42.5 Å². The summed E-state index contributed by atoms with van der Waals surface area (Å²) in [6.45, 7) is -0.713. The van der Waals surface area contributed by atoms with Gasteiger partial charge in [-0.25, -0.2) is 19.0 Å². The predicted molar refractivity (Wildman–Crippen MR) is 133 cm³/mol. The Morgan fingerprint density at radius 3 is 2.33 bits per heavy atom. The van der Waals surface area contributed by atoms with E-state index in [2.05, 4.69) is 20.4 Å². The number of rotatable bonds is 6. The molecule has 5 rings (SSSR count). The highest BCUT2D eigenvalue weighted by molar-refractivity contribution is 6.10. The summed E-state index contributed by atoms with van der Waals surface area (Å²) in [5.41, 5.74) is -1.61. The summed E-state index contributed by atoms with van der Waals surface area (Å²) in [4.78, 5) is 33.0. The molecule has 5 aromatic rings. The lowest BCUT2D eigenvalue weighted by atomic mass is 10.0. The second-order valence-electron chi connectivity index (χ2n) is 8.31. The number of fused-ring (bicyclic) bond motifs is 1. The molecule has 2 heterocycles. The van der Waals surface area contributed by atoms with Gasteiger partial charge < -0.3 is 10.4 Å². The average molecular weight is 535 g/mol. The summed E-state index contributed by atoms with van der Waals surface area (Å²) in [6, 6.07) is 15.3. The predicted octanol–water partition coefficient (Wildman–Crippen LogP) is 5.07. The van der Waals surface area contributed by atoms with Crippen LogP contribution in [-0.4, -0.2) is 43.2 Å². The number of anilines is 1. The molecular formula is C27H17F4N5O3. The lowest BCUT2D eigenvalue weighted by Gasteiger charge is -2.15. The van der Waals surface area contributed by atoms with Gasteiger partial charge in [-0.3, -0.25) is 9.59 Å². The van der Waals surface area contributed by atoms with Crippen molar-refractivity contribution < 1.29 is 32.3 Å². The van der Waals surface area contributed by atoms with Crippen LogP contribution in [0, 0.1) is 5.82 Å². The van der Waals surface area contributed by atoms with Gasteiger partial charge in [0, 0.05) is 28.9 Å². The molecule has 0 radical (unpaired) electrons. The number of para-hydroxylation sites is 1. The third-order valence-electron chi connectivity index (χ3n) is 5.83. The van der Waals surface area contributed by atoms with E-state index in [0.29, 0.717) is 11.1 Å². The SMILES string of the molecule is O=C(CO)c1ccc2c(NC(=O)c3cc(-c4ncccn4)c(C(F)(F)F)cc3F)n(-c3ccccc3)nc2c1. The van der Waals surface area contributed by atoms with E-state index in [1.54, 1.807) is 30.3 Å². The molecule has 0 unspecified atom stereocenters. The monoisotopic (exact) mass is 535 g/mol. The molecule has 39 heavy (non-hydrogen) atoms. The number of carbonyl (C=O) groups is 2. The van der Waals surface area contributed by atoms with Gasteiger partial charge in [0.05, 0.1) is 22.3 Å². The smallest absolute Gasteiger partial charge is 0.388 e. The third-order valence-corrected chi connectivity index (χ3v) is 5.83. The van der Waals surface area contributed by atoms with E-state index in [1.807, 2.05) is 0 Å². The Hall–Kier alpha value is -4.97. The maximum Gasteiger partial charge on any atom is 0.417 e. The number of amides is 1. The lowest BCUT2D eigenvalue weighted by Crippen LogP contribution is -2.18. The van der Waals surface area contributed by atoms with Gasteiger partial charge >= 0.3 is 6.18 Å². The normalized spacial score (nSPS) is 11.5. The summed E-state index contributed by atoms with van der Waals surface area (Å²) in [7, 11) is 0. The van der Waals surface area contributed by atoms with Crippen LogP contribution in [0.3, 0.4) is 0 Å². The number of aliphatic hydroxyl groups excluding tert-OH is 1. The van der Waals surface area contributed by atoms with Crippen LogP contribution in [0.2, 0.25) is 0 Å². The van der Waals surface area contributed by atoms with Crippen molar-refractivity contribution in [2.45, 2.75) is 6.18 Å². The van der Waals surface area contributed by atoms with E-state index in [4.69, 9.17) is 0 Å². The maximum atomic E-state index is 15.0. The number of halogens is 4. The van der Waals surface area contributed by atoms with Crippen molar-refractivity contribution in [2.24, 2.45) is 0 Å². The molecule has 0 aliphatic rings. The molecule has 196 valence electrons. The largest absolute Gasteiger partial charge is 0.417 e. The number of ketones is 1. The molecule has 0 atom stereocenters. The summed E-state index contributed by atoms with van der Waals surface area (Å²) >= 11 is 0. The molecule has 1 amide bonds. The van der Waals surface area contributed by atoms with Crippen LogP contribution < -0.4 is 5.32 Å². The molecule has 3 aromatic carbocycles. The fraction of sp³-hybridized carbons (Fsp3) is 0.0741. The standard InChI is InChI=1S/C27H17F4N5O3/c28-21-13-20(27(29,30)31)18(24-32-9-4-10-33-24)12-19(21)26(39)34-25-17-8-7-15(23(38)14-37)11-22(17)35-36(25)16-5-2-1-3-6-16/h1-13,37H,14H2,(H,34,39). The molecule has 0 fully saturated rings. The van der Waals surface area contributed by atoms with E-state index in [1.165, 1.54) is 41.3 Å². The van der Waals surface area contributed by atoms with Crippen LogP contribution in [0.15, 0.2) is 79.1 Å². The van der Waals surface area contributed by atoms with Crippen molar-refractivity contribution in [3.63, 3.8) is 0 Å². The number of nitrogens with zero attached hydrogens (tertiary/aromatic N) is 4. The van der Waals surface area contributed by atoms with Gasteiger partial charge in [-0.2, -0.15) is 18.3 Å². The lowest BCUT2D eigenvalue weighted by molar-refractivity contribution is -0.137. The second kappa shape index (κ2) is 10.1. The van der Waals surface area contributed by atoms with Crippen molar-refractivity contribution in [3.05, 3.63) is 102 Å². The minimum atomic E-state index is -4.93. The van der Waals surface area contributed by atoms with Crippen LogP contribution in [0.1, 0.15) is 26.3 Å². The first-order chi connectivity index (χ1) is 18.7. The molecule has 2 N–H and O–H groups in total.